The number of aryl methyl sites for hydroxylation is 1. The summed E-state index contributed by atoms with van der Waals surface area (Å²) in [4.78, 5) is 14.7. The Morgan fingerprint density at radius 2 is 2.35 bits per heavy atom. The van der Waals surface area contributed by atoms with Gasteiger partial charge in [-0.15, -0.1) is 0 Å². The molecule has 2 aliphatic rings. The van der Waals surface area contributed by atoms with Crippen LogP contribution in [-0.2, 0) is 18.7 Å². The Balaban J connectivity index is 1.82. The van der Waals surface area contributed by atoms with Gasteiger partial charge in [-0.3, -0.25) is 9.69 Å². The van der Waals surface area contributed by atoms with Crippen LogP contribution in [0.4, 0.5) is 0 Å². The molecule has 3 rings (SSSR count). The summed E-state index contributed by atoms with van der Waals surface area (Å²) in [5.74, 6) is 2.07. The fourth-order valence-electron chi connectivity index (χ4n) is 3.32. The summed E-state index contributed by atoms with van der Waals surface area (Å²) in [6, 6.07) is 2.83. The van der Waals surface area contributed by atoms with Crippen LogP contribution in [0.15, 0.2) is 10.9 Å². The molecule has 1 atom stereocenters. The van der Waals surface area contributed by atoms with Gasteiger partial charge in [0.05, 0.1) is 12.2 Å². The standard InChI is InChI=1S/C15H23N3OS/c1-11(2)17-6-3-4-13(17)9-18-15(19)8-12-10-20-7-5-14(12)16-18/h8,11,13H,3-7,9-10H2,1-2H3. The maximum Gasteiger partial charge on any atom is 0.267 e. The molecule has 0 radical (unpaired) electrons. The van der Waals surface area contributed by atoms with E-state index in [4.69, 9.17) is 0 Å². The minimum atomic E-state index is 0.0712. The summed E-state index contributed by atoms with van der Waals surface area (Å²) in [6.45, 7) is 6.37. The second-order valence-electron chi connectivity index (χ2n) is 6.07. The van der Waals surface area contributed by atoms with Gasteiger partial charge in [0.15, 0.2) is 0 Å². The lowest BCUT2D eigenvalue weighted by molar-refractivity contribution is 0.181. The number of aromatic nitrogens is 2. The number of nitrogens with zero attached hydrogens (tertiary/aromatic N) is 3. The molecule has 5 heteroatoms. The van der Waals surface area contributed by atoms with Gasteiger partial charge in [-0.2, -0.15) is 16.9 Å². The molecular formula is C15H23N3OS. The van der Waals surface area contributed by atoms with Crippen molar-refractivity contribution in [1.82, 2.24) is 14.7 Å². The molecule has 110 valence electrons. The Hall–Kier alpha value is -0.810. The zero-order chi connectivity index (χ0) is 14.1. The minimum Gasteiger partial charge on any atom is -0.296 e. The van der Waals surface area contributed by atoms with E-state index in [1.165, 1.54) is 12.8 Å². The fraction of sp³-hybridized carbons (Fsp3) is 0.733. The maximum absolute atomic E-state index is 12.2. The molecule has 1 aromatic rings. The number of likely N-dealkylation sites (tertiary alicyclic amines) is 1. The summed E-state index contributed by atoms with van der Waals surface area (Å²) in [5.41, 5.74) is 2.36. The Morgan fingerprint density at radius 3 is 3.15 bits per heavy atom. The molecule has 1 unspecified atom stereocenters. The number of hydrogen-bond acceptors (Lipinski definition) is 4. The van der Waals surface area contributed by atoms with Crippen LogP contribution in [0.1, 0.15) is 37.9 Å². The SMILES string of the molecule is CC(C)N1CCCC1Cn1nc2c(cc1=O)CSCC2. The van der Waals surface area contributed by atoms with Crippen LogP contribution < -0.4 is 5.56 Å². The van der Waals surface area contributed by atoms with Crippen molar-refractivity contribution in [3.63, 3.8) is 0 Å². The van der Waals surface area contributed by atoms with E-state index in [0.29, 0.717) is 12.1 Å². The molecule has 1 fully saturated rings. The van der Waals surface area contributed by atoms with Gasteiger partial charge < -0.3 is 0 Å². The average molecular weight is 293 g/mol. The van der Waals surface area contributed by atoms with Gasteiger partial charge in [0.25, 0.3) is 5.56 Å². The molecule has 0 amide bonds. The van der Waals surface area contributed by atoms with Gasteiger partial charge in [-0.25, -0.2) is 4.68 Å². The van der Waals surface area contributed by atoms with Crippen LogP contribution in [0.3, 0.4) is 0 Å². The molecule has 4 nitrogen and oxygen atoms in total. The number of hydrogen-bond donors (Lipinski definition) is 0. The molecule has 1 aromatic heterocycles. The molecule has 1 saturated heterocycles. The quantitative estimate of drug-likeness (QED) is 0.853. The van der Waals surface area contributed by atoms with E-state index in [1.807, 2.05) is 17.8 Å². The second kappa shape index (κ2) is 5.90. The van der Waals surface area contributed by atoms with Crippen LogP contribution in [0.2, 0.25) is 0 Å². The third-order valence-electron chi connectivity index (χ3n) is 4.37. The van der Waals surface area contributed by atoms with Gasteiger partial charge in [0, 0.05) is 30.3 Å². The predicted octanol–water partition coefficient (Wildman–Crippen LogP) is 1.91. The van der Waals surface area contributed by atoms with E-state index in [9.17, 15) is 4.79 Å². The summed E-state index contributed by atoms with van der Waals surface area (Å²) < 4.78 is 1.71. The zero-order valence-corrected chi connectivity index (χ0v) is 13.2. The number of thioether (sulfide) groups is 1. The van der Waals surface area contributed by atoms with E-state index >= 15 is 0 Å². The highest BCUT2D eigenvalue weighted by Crippen LogP contribution is 2.23. The average Bonchev–Trinajstić information content (AvgIpc) is 2.88. The largest absolute Gasteiger partial charge is 0.296 e. The molecule has 0 N–H and O–H groups in total. The van der Waals surface area contributed by atoms with Gasteiger partial charge >= 0.3 is 0 Å². The minimum absolute atomic E-state index is 0.0712. The van der Waals surface area contributed by atoms with Crippen LogP contribution >= 0.6 is 11.8 Å². The Labute approximate surface area is 124 Å². The Kier molecular flexibility index (Phi) is 4.17. The highest BCUT2D eigenvalue weighted by molar-refractivity contribution is 7.98. The van der Waals surface area contributed by atoms with E-state index in [1.54, 1.807) is 4.68 Å². The molecule has 0 aliphatic carbocycles. The van der Waals surface area contributed by atoms with Gasteiger partial charge in [-0.1, -0.05) is 0 Å². The first kappa shape index (κ1) is 14.1. The van der Waals surface area contributed by atoms with E-state index in [2.05, 4.69) is 23.8 Å². The lowest BCUT2D eigenvalue weighted by Crippen LogP contribution is -2.41. The topological polar surface area (TPSA) is 38.1 Å². The van der Waals surface area contributed by atoms with Crippen molar-refractivity contribution >= 4 is 11.8 Å². The first-order valence-electron chi connectivity index (χ1n) is 7.58. The Bertz CT molecular complexity index is 540. The molecule has 0 aromatic carbocycles. The van der Waals surface area contributed by atoms with Crippen LogP contribution in [-0.4, -0.2) is 39.1 Å². The highest BCUT2D eigenvalue weighted by atomic mass is 32.2. The summed E-state index contributed by atoms with van der Waals surface area (Å²) >= 11 is 1.89. The van der Waals surface area contributed by atoms with Gasteiger partial charge in [0.1, 0.15) is 0 Å². The second-order valence-corrected chi connectivity index (χ2v) is 7.17. The first-order valence-corrected chi connectivity index (χ1v) is 8.74. The molecule has 0 spiro atoms. The molecule has 0 bridgehead atoms. The first-order chi connectivity index (χ1) is 9.65. The fourth-order valence-corrected chi connectivity index (χ4v) is 4.27. The normalized spacial score (nSPS) is 23.2. The van der Waals surface area contributed by atoms with Crippen LogP contribution in [0.25, 0.3) is 0 Å². The Morgan fingerprint density at radius 1 is 1.50 bits per heavy atom. The lowest BCUT2D eigenvalue weighted by atomic mass is 10.2. The molecule has 3 heterocycles. The monoisotopic (exact) mass is 293 g/mol. The van der Waals surface area contributed by atoms with Crippen molar-refractivity contribution in [1.29, 1.82) is 0 Å². The zero-order valence-electron chi connectivity index (χ0n) is 12.3. The van der Waals surface area contributed by atoms with Crippen molar-refractivity contribution in [2.75, 3.05) is 12.3 Å². The van der Waals surface area contributed by atoms with Gasteiger partial charge in [-0.05, 0) is 44.6 Å². The van der Waals surface area contributed by atoms with Gasteiger partial charge in [0.2, 0.25) is 0 Å². The summed E-state index contributed by atoms with van der Waals surface area (Å²) in [5, 5.41) is 4.63. The van der Waals surface area contributed by atoms with Crippen molar-refractivity contribution in [3.05, 3.63) is 27.7 Å². The molecular weight excluding hydrogens is 270 g/mol. The third-order valence-corrected chi connectivity index (χ3v) is 5.38. The molecule has 0 saturated carbocycles. The van der Waals surface area contributed by atoms with Crippen molar-refractivity contribution in [2.24, 2.45) is 0 Å². The van der Waals surface area contributed by atoms with Crippen molar-refractivity contribution < 1.29 is 0 Å². The van der Waals surface area contributed by atoms with E-state index in [-0.39, 0.29) is 5.56 Å². The molecule has 20 heavy (non-hydrogen) atoms. The van der Waals surface area contributed by atoms with Crippen LogP contribution in [0.5, 0.6) is 0 Å². The smallest absolute Gasteiger partial charge is 0.267 e. The van der Waals surface area contributed by atoms with E-state index in [0.717, 1.165) is 42.3 Å². The molecule has 2 aliphatic heterocycles. The van der Waals surface area contributed by atoms with Crippen molar-refractivity contribution in [3.8, 4) is 0 Å². The summed E-state index contributed by atoms with van der Waals surface area (Å²) in [7, 11) is 0. The van der Waals surface area contributed by atoms with E-state index < -0.39 is 0 Å². The summed E-state index contributed by atoms with van der Waals surface area (Å²) in [6.07, 6.45) is 3.41. The van der Waals surface area contributed by atoms with Crippen LogP contribution in [0, 0.1) is 0 Å². The number of fused-ring (bicyclic) bond motifs is 1. The van der Waals surface area contributed by atoms with Crippen molar-refractivity contribution in [2.45, 2.75) is 57.5 Å². The maximum atomic E-state index is 12.2. The highest BCUT2D eigenvalue weighted by Gasteiger charge is 2.27. The number of rotatable bonds is 3. The third kappa shape index (κ3) is 2.79. The lowest BCUT2D eigenvalue weighted by Gasteiger charge is -2.28. The predicted molar refractivity (Wildman–Crippen MR) is 83.2 cm³/mol.